The SMILES string of the molecule is Cc1ccccc1Oc1cc(NC(=O)c2cc3n(n2)[C@H](C(F)(F)F)C[C@H](c2ccccc2)N3)cc(Oc2ccccc2C)c1. The fourth-order valence-corrected chi connectivity index (χ4v) is 5.14. The summed E-state index contributed by atoms with van der Waals surface area (Å²) in [7, 11) is 0. The van der Waals surface area contributed by atoms with Crippen molar-refractivity contribution >= 4 is 17.4 Å². The molecule has 0 saturated heterocycles. The Kier molecular flexibility index (Phi) is 7.73. The smallest absolute Gasteiger partial charge is 0.410 e. The Morgan fingerprint density at radius 2 is 1.41 bits per heavy atom. The van der Waals surface area contributed by atoms with E-state index in [-0.39, 0.29) is 17.9 Å². The van der Waals surface area contributed by atoms with Gasteiger partial charge in [0.05, 0.1) is 6.04 Å². The zero-order valence-corrected chi connectivity index (χ0v) is 23.9. The summed E-state index contributed by atoms with van der Waals surface area (Å²) in [5, 5.41) is 9.97. The monoisotopic (exact) mass is 598 g/mol. The minimum absolute atomic E-state index is 0.109. The molecule has 0 fully saturated rings. The molecule has 0 radical (unpaired) electrons. The molecular formula is C34H29F3N4O3. The number of carbonyl (C=O) groups is 1. The van der Waals surface area contributed by atoms with Gasteiger partial charge in [0.25, 0.3) is 5.91 Å². The van der Waals surface area contributed by atoms with Crippen LogP contribution in [0.1, 0.15) is 45.7 Å². The average molecular weight is 599 g/mol. The zero-order valence-electron chi connectivity index (χ0n) is 23.9. The van der Waals surface area contributed by atoms with Crippen molar-refractivity contribution in [2.75, 3.05) is 10.6 Å². The first kappa shape index (κ1) is 28.9. The van der Waals surface area contributed by atoms with Crippen LogP contribution in [-0.4, -0.2) is 21.9 Å². The quantitative estimate of drug-likeness (QED) is 0.196. The first-order chi connectivity index (χ1) is 21.1. The number of anilines is 2. The van der Waals surface area contributed by atoms with Crippen LogP contribution in [0.4, 0.5) is 24.7 Å². The predicted molar refractivity (Wildman–Crippen MR) is 162 cm³/mol. The highest BCUT2D eigenvalue weighted by Gasteiger charge is 2.46. The van der Waals surface area contributed by atoms with Crippen LogP contribution in [0.15, 0.2) is 103 Å². The van der Waals surface area contributed by atoms with E-state index in [2.05, 4.69) is 15.7 Å². The van der Waals surface area contributed by atoms with Gasteiger partial charge >= 0.3 is 6.18 Å². The number of amides is 1. The van der Waals surface area contributed by atoms with Crippen LogP contribution in [0.5, 0.6) is 23.0 Å². The van der Waals surface area contributed by atoms with Crippen molar-refractivity contribution in [3.05, 3.63) is 126 Å². The molecule has 0 unspecified atom stereocenters. The molecule has 4 aromatic carbocycles. The average Bonchev–Trinajstić information content (AvgIpc) is 3.43. The lowest BCUT2D eigenvalue weighted by atomic mass is 9.97. The number of aromatic nitrogens is 2. The van der Waals surface area contributed by atoms with E-state index >= 15 is 0 Å². The summed E-state index contributed by atoms with van der Waals surface area (Å²) >= 11 is 0. The molecule has 0 bridgehead atoms. The van der Waals surface area contributed by atoms with Gasteiger partial charge in [-0.3, -0.25) is 4.79 Å². The van der Waals surface area contributed by atoms with Crippen LogP contribution in [0.25, 0.3) is 0 Å². The van der Waals surface area contributed by atoms with Crippen molar-refractivity contribution < 1.29 is 27.4 Å². The first-order valence-electron chi connectivity index (χ1n) is 14.1. The van der Waals surface area contributed by atoms with Gasteiger partial charge < -0.3 is 20.1 Å². The number of nitrogens with one attached hydrogen (secondary N) is 2. The third kappa shape index (κ3) is 6.24. The number of benzene rings is 4. The van der Waals surface area contributed by atoms with Crippen molar-refractivity contribution in [3.63, 3.8) is 0 Å². The largest absolute Gasteiger partial charge is 0.457 e. The van der Waals surface area contributed by atoms with Gasteiger partial charge in [-0.25, -0.2) is 4.68 Å². The van der Waals surface area contributed by atoms with Gasteiger partial charge in [0.15, 0.2) is 11.7 Å². The number of halogens is 3. The first-order valence-corrected chi connectivity index (χ1v) is 14.1. The summed E-state index contributed by atoms with van der Waals surface area (Å²) in [6.45, 7) is 3.83. The third-order valence-corrected chi connectivity index (χ3v) is 7.41. The van der Waals surface area contributed by atoms with Crippen molar-refractivity contribution in [2.45, 2.75) is 38.5 Å². The van der Waals surface area contributed by atoms with Gasteiger partial charge in [-0.1, -0.05) is 66.7 Å². The minimum Gasteiger partial charge on any atom is -0.457 e. The molecule has 10 heteroatoms. The molecule has 1 amide bonds. The van der Waals surface area contributed by atoms with Crippen LogP contribution in [0.3, 0.4) is 0 Å². The van der Waals surface area contributed by atoms with Crippen LogP contribution in [0.2, 0.25) is 0 Å². The number of ether oxygens (including phenoxy) is 2. The molecule has 0 spiro atoms. The van der Waals surface area contributed by atoms with E-state index in [9.17, 15) is 18.0 Å². The minimum atomic E-state index is -4.56. The number of aryl methyl sites for hydroxylation is 2. The van der Waals surface area contributed by atoms with E-state index in [1.807, 2.05) is 62.4 Å². The molecule has 0 saturated carbocycles. The van der Waals surface area contributed by atoms with E-state index < -0.39 is 24.2 Å². The molecule has 7 nitrogen and oxygen atoms in total. The lowest BCUT2D eigenvalue weighted by molar-refractivity contribution is -0.173. The molecule has 2 N–H and O–H groups in total. The van der Waals surface area contributed by atoms with Crippen LogP contribution >= 0.6 is 0 Å². The van der Waals surface area contributed by atoms with Crippen LogP contribution < -0.4 is 20.1 Å². The van der Waals surface area contributed by atoms with Crippen molar-refractivity contribution in [2.24, 2.45) is 0 Å². The number of fused-ring (bicyclic) bond motifs is 1. The molecule has 1 aromatic heterocycles. The highest BCUT2D eigenvalue weighted by Crippen LogP contribution is 2.44. The molecule has 2 heterocycles. The van der Waals surface area contributed by atoms with Crippen molar-refractivity contribution in [1.82, 2.24) is 9.78 Å². The van der Waals surface area contributed by atoms with Crippen molar-refractivity contribution in [1.29, 1.82) is 0 Å². The number of rotatable bonds is 7. The fraction of sp³-hybridized carbons (Fsp3) is 0.176. The molecule has 1 aliphatic rings. The van der Waals surface area contributed by atoms with Gasteiger partial charge in [-0.2, -0.15) is 18.3 Å². The standard InChI is InChI=1S/C34H29F3N4O3/c1-21-10-6-8-14-29(21)43-25-16-24(17-26(18-25)44-30-15-9-7-11-22(30)2)38-33(42)28-20-32-39-27(23-12-4-3-5-13-23)19-31(34(35,36)37)41(32)40-28/h3-18,20,27,31,39H,19H2,1-2H3,(H,38,42)/t27-,31+/m1/s1. The summed E-state index contributed by atoms with van der Waals surface area (Å²) in [6, 6.07) is 27.7. The lowest BCUT2D eigenvalue weighted by Crippen LogP contribution is -2.35. The van der Waals surface area contributed by atoms with Gasteiger partial charge in [-0.05, 0) is 42.7 Å². The molecule has 224 valence electrons. The van der Waals surface area contributed by atoms with E-state index in [0.29, 0.717) is 34.2 Å². The van der Waals surface area contributed by atoms with Crippen LogP contribution in [-0.2, 0) is 0 Å². The Hall–Kier alpha value is -5.25. The van der Waals surface area contributed by atoms with Crippen molar-refractivity contribution in [3.8, 4) is 23.0 Å². The topological polar surface area (TPSA) is 77.4 Å². The molecule has 2 atom stereocenters. The number of hydrogen-bond donors (Lipinski definition) is 2. The van der Waals surface area contributed by atoms with Gasteiger partial charge in [0, 0.05) is 36.4 Å². The Balaban J connectivity index is 1.30. The molecule has 0 aliphatic carbocycles. The summed E-state index contributed by atoms with van der Waals surface area (Å²) in [5.74, 6) is 1.47. The molecule has 1 aliphatic heterocycles. The Labute approximate surface area is 252 Å². The maximum Gasteiger partial charge on any atom is 0.410 e. The Bertz CT molecular complexity index is 1740. The normalized spacial score (nSPS) is 16.0. The molecule has 44 heavy (non-hydrogen) atoms. The predicted octanol–water partition coefficient (Wildman–Crippen LogP) is 9.00. The van der Waals surface area contributed by atoms with E-state index in [0.717, 1.165) is 15.8 Å². The number of nitrogens with zero attached hydrogens (tertiary/aromatic N) is 2. The second kappa shape index (κ2) is 11.8. The summed E-state index contributed by atoms with van der Waals surface area (Å²) in [6.07, 6.45) is -4.83. The molecule has 5 aromatic rings. The maximum atomic E-state index is 14.2. The Morgan fingerprint density at radius 3 is 1.98 bits per heavy atom. The van der Waals surface area contributed by atoms with Gasteiger partial charge in [-0.15, -0.1) is 0 Å². The number of alkyl halides is 3. The van der Waals surface area contributed by atoms with E-state index in [4.69, 9.17) is 9.47 Å². The van der Waals surface area contributed by atoms with Crippen LogP contribution in [0, 0.1) is 13.8 Å². The summed E-state index contributed by atoms with van der Waals surface area (Å²) in [4.78, 5) is 13.4. The maximum absolute atomic E-state index is 14.2. The zero-order chi connectivity index (χ0) is 30.8. The second-order valence-electron chi connectivity index (χ2n) is 10.6. The fourth-order valence-electron chi connectivity index (χ4n) is 5.14. The Morgan fingerprint density at radius 1 is 0.841 bits per heavy atom. The molecular weight excluding hydrogens is 569 g/mol. The lowest BCUT2D eigenvalue weighted by Gasteiger charge is -2.33. The summed E-state index contributed by atoms with van der Waals surface area (Å²) < 4.78 is 55.6. The van der Waals surface area contributed by atoms with Gasteiger partial charge in [0.2, 0.25) is 0 Å². The summed E-state index contributed by atoms with van der Waals surface area (Å²) in [5.41, 5.74) is 2.69. The number of carbonyl (C=O) groups excluding carboxylic acids is 1. The second-order valence-corrected chi connectivity index (χ2v) is 10.6. The highest BCUT2D eigenvalue weighted by atomic mass is 19.4. The number of hydrogen-bond acceptors (Lipinski definition) is 5. The van der Waals surface area contributed by atoms with Gasteiger partial charge in [0.1, 0.15) is 28.8 Å². The molecule has 6 rings (SSSR count). The van der Waals surface area contributed by atoms with E-state index in [1.165, 1.54) is 6.07 Å². The van der Waals surface area contributed by atoms with E-state index in [1.54, 1.807) is 48.5 Å². The third-order valence-electron chi connectivity index (χ3n) is 7.41. The highest BCUT2D eigenvalue weighted by molar-refractivity contribution is 6.03. The number of para-hydroxylation sites is 2.